The molecule has 0 spiro atoms. The van der Waals surface area contributed by atoms with E-state index in [1.54, 1.807) is 23.9 Å². The van der Waals surface area contributed by atoms with Crippen molar-refractivity contribution >= 4 is 35.0 Å². The first kappa shape index (κ1) is 16.2. The summed E-state index contributed by atoms with van der Waals surface area (Å²) in [6, 6.07) is 14.2. The van der Waals surface area contributed by atoms with E-state index in [1.165, 1.54) is 6.07 Å². The fraction of sp³-hybridized carbons (Fsp3) is 0.125. The molecular weight excluding hydrogens is 320 g/mol. The van der Waals surface area contributed by atoms with Gasteiger partial charge in [-0.1, -0.05) is 17.7 Å². The molecule has 2 rings (SSSR count). The molecule has 1 N–H and O–H groups in total. The number of hydrogen-bond donors (Lipinski definition) is 1. The normalized spacial score (nSPS) is 9.86. The van der Waals surface area contributed by atoms with E-state index in [9.17, 15) is 4.79 Å². The van der Waals surface area contributed by atoms with E-state index in [0.29, 0.717) is 22.0 Å². The maximum atomic E-state index is 11.9. The smallest absolute Gasteiger partial charge is 0.262 e. The van der Waals surface area contributed by atoms with Crippen LogP contribution in [0, 0.1) is 11.3 Å². The van der Waals surface area contributed by atoms with Gasteiger partial charge in [-0.25, -0.2) is 0 Å². The second-order valence-corrected chi connectivity index (χ2v) is 5.61. The van der Waals surface area contributed by atoms with Crippen molar-refractivity contribution in [3.05, 3.63) is 53.1 Å². The number of amides is 1. The second kappa shape index (κ2) is 7.74. The lowest BCUT2D eigenvalue weighted by molar-refractivity contribution is -0.118. The fourth-order valence-electron chi connectivity index (χ4n) is 1.73. The highest BCUT2D eigenvalue weighted by Gasteiger charge is 2.07. The van der Waals surface area contributed by atoms with Gasteiger partial charge in [0.25, 0.3) is 5.91 Å². The third-order valence-electron chi connectivity index (χ3n) is 2.77. The number of nitrogens with zero attached hydrogens (tertiary/aromatic N) is 1. The molecule has 1 amide bonds. The average molecular weight is 333 g/mol. The number of nitrogens with one attached hydrogen (secondary N) is 1. The molecule has 0 radical (unpaired) electrons. The topological polar surface area (TPSA) is 62.1 Å². The highest BCUT2D eigenvalue weighted by atomic mass is 35.5. The standard InChI is InChI=1S/C16H13ClN2O2S/c1-22-13-4-2-3-12(8-13)19-16(20)10-21-15-6-5-11(9-18)7-14(15)17/h2-8H,10H2,1H3,(H,19,20). The molecule has 0 atom stereocenters. The van der Waals surface area contributed by atoms with E-state index < -0.39 is 0 Å². The molecule has 0 aliphatic heterocycles. The summed E-state index contributed by atoms with van der Waals surface area (Å²) in [6.07, 6.45) is 1.97. The van der Waals surface area contributed by atoms with Gasteiger partial charge in [-0.2, -0.15) is 5.26 Å². The third kappa shape index (κ3) is 4.42. The molecule has 0 saturated carbocycles. The van der Waals surface area contributed by atoms with E-state index >= 15 is 0 Å². The maximum Gasteiger partial charge on any atom is 0.262 e. The van der Waals surface area contributed by atoms with Crippen LogP contribution in [-0.4, -0.2) is 18.8 Å². The van der Waals surface area contributed by atoms with Crippen LogP contribution in [0.4, 0.5) is 5.69 Å². The number of benzene rings is 2. The molecule has 0 saturated heterocycles. The predicted molar refractivity (Wildman–Crippen MR) is 88.5 cm³/mol. The molecule has 0 bridgehead atoms. The molecule has 22 heavy (non-hydrogen) atoms. The van der Waals surface area contributed by atoms with Crippen molar-refractivity contribution in [1.82, 2.24) is 0 Å². The average Bonchev–Trinajstić information content (AvgIpc) is 2.53. The van der Waals surface area contributed by atoms with E-state index in [1.807, 2.05) is 36.6 Å². The summed E-state index contributed by atoms with van der Waals surface area (Å²) in [5.41, 5.74) is 1.15. The van der Waals surface area contributed by atoms with Crippen molar-refractivity contribution in [3.8, 4) is 11.8 Å². The van der Waals surface area contributed by atoms with E-state index in [2.05, 4.69) is 5.32 Å². The van der Waals surface area contributed by atoms with Gasteiger partial charge in [0, 0.05) is 10.6 Å². The van der Waals surface area contributed by atoms with Crippen molar-refractivity contribution in [1.29, 1.82) is 5.26 Å². The molecule has 4 nitrogen and oxygen atoms in total. The lowest BCUT2D eigenvalue weighted by Gasteiger charge is -2.09. The Hall–Kier alpha value is -2.16. The number of thioether (sulfide) groups is 1. The number of anilines is 1. The number of rotatable bonds is 5. The number of ether oxygens (including phenoxy) is 1. The molecular formula is C16H13ClN2O2S. The minimum atomic E-state index is -0.279. The first-order valence-corrected chi connectivity index (χ1v) is 7.99. The minimum absolute atomic E-state index is 0.158. The Balaban J connectivity index is 1.94. The molecule has 0 aliphatic rings. The zero-order valence-electron chi connectivity index (χ0n) is 11.8. The molecule has 6 heteroatoms. The van der Waals surface area contributed by atoms with Crippen molar-refractivity contribution in [3.63, 3.8) is 0 Å². The lowest BCUT2D eigenvalue weighted by Crippen LogP contribution is -2.20. The SMILES string of the molecule is CSc1cccc(NC(=O)COc2ccc(C#N)cc2Cl)c1. The van der Waals surface area contributed by atoms with Crippen LogP contribution in [0.3, 0.4) is 0 Å². The molecule has 0 aromatic heterocycles. The van der Waals surface area contributed by atoms with Gasteiger partial charge in [0.15, 0.2) is 6.61 Å². The molecule has 2 aromatic rings. The maximum absolute atomic E-state index is 11.9. The number of carbonyl (C=O) groups is 1. The highest BCUT2D eigenvalue weighted by molar-refractivity contribution is 7.98. The van der Waals surface area contributed by atoms with Crippen molar-refractivity contribution in [2.45, 2.75) is 4.90 Å². The lowest BCUT2D eigenvalue weighted by atomic mass is 10.2. The van der Waals surface area contributed by atoms with Crippen molar-refractivity contribution in [2.24, 2.45) is 0 Å². The molecule has 2 aromatic carbocycles. The second-order valence-electron chi connectivity index (χ2n) is 4.33. The van der Waals surface area contributed by atoms with Gasteiger partial charge in [0.05, 0.1) is 16.7 Å². The zero-order valence-corrected chi connectivity index (χ0v) is 13.4. The van der Waals surface area contributed by atoms with Crippen LogP contribution in [0.1, 0.15) is 5.56 Å². The van der Waals surface area contributed by atoms with Gasteiger partial charge in [-0.05, 0) is 42.7 Å². The first-order valence-electron chi connectivity index (χ1n) is 6.38. The van der Waals surface area contributed by atoms with Crippen LogP contribution in [0.15, 0.2) is 47.4 Å². The Morgan fingerprint density at radius 1 is 1.36 bits per heavy atom. The van der Waals surface area contributed by atoms with Crippen LogP contribution >= 0.6 is 23.4 Å². The van der Waals surface area contributed by atoms with Crippen molar-refractivity contribution in [2.75, 3.05) is 18.2 Å². The molecule has 112 valence electrons. The Morgan fingerprint density at radius 2 is 2.18 bits per heavy atom. The van der Waals surface area contributed by atoms with E-state index in [4.69, 9.17) is 21.6 Å². The summed E-state index contributed by atoms with van der Waals surface area (Å²) in [6.45, 7) is -0.158. The summed E-state index contributed by atoms with van der Waals surface area (Å²) in [7, 11) is 0. The van der Waals surface area contributed by atoms with Gasteiger partial charge in [0.2, 0.25) is 0 Å². The first-order chi connectivity index (χ1) is 10.6. The van der Waals surface area contributed by atoms with E-state index in [-0.39, 0.29) is 12.5 Å². The summed E-state index contributed by atoms with van der Waals surface area (Å²) >= 11 is 7.58. The number of nitriles is 1. The van der Waals surface area contributed by atoms with Crippen LogP contribution in [0.5, 0.6) is 5.75 Å². The monoisotopic (exact) mass is 332 g/mol. The van der Waals surface area contributed by atoms with Crippen LogP contribution in [-0.2, 0) is 4.79 Å². The summed E-state index contributed by atoms with van der Waals surface area (Å²) < 4.78 is 5.37. The van der Waals surface area contributed by atoms with Crippen molar-refractivity contribution < 1.29 is 9.53 Å². The Labute approximate surface area is 138 Å². The van der Waals surface area contributed by atoms with Crippen LogP contribution < -0.4 is 10.1 Å². The third-order valence-corrected chi connectivity index (χ3v) is 3.79. The minimum Gasteiger partial charge on any atom is -0.482 e. The molecule has 0 unspecified atom stereocenters. The van der Waals surface area contributed by atoms with Gasteiger partial charge in [-0.15, -0.1) is 11.8 Å². The number of hydrogen-bond acceptors (Lipinski definition) is 4. The summed E-state index contributed by atoms with van der Waals surface area (Å²) in [4.78, 5) is 12.9. The summed E-state index contributed by atoms with van der Waals surface area (Å²) in [5.74, 6) is 0.0901. The van der Waals surface area contributed by atoms with Crippen LogP contribution in [0.25, 0.3) is 0 Å². The van der Waals surface area contributed by atoms with E-state index in [0.717, 1.165) is 4.90 Å². The van der Waals surface area contributed by atoms with Gasteiger partial charge in [0.1, 0.15) is 5.75 Å². The van der Waals surface area contributed by atoms with Gasteiger partial charge in [-0.3, -0.25) is 4.79 Å². The number of carbonyl (C=O) groups excluding carboxylic acids is 1. The highest BCUT2D eigenvalue weighted by Crippen LogP contribution is 2.25. The Morgan fingerprint density at radius 3 is 2.86 bits per heavy atom. The fourth-order valence-corrected chi connectivity index (χ4v) is 2.42. The molecule has 0 fully saturated rings. The van der Waals surface area contributed by atoms with Crippen LogP contribution in [0.2, 0.25) is 5.02 Å². The van der Waals surface area contributed by atoms with Gasteiger partial charge >= 0.3 is 0 Å². The molecule has 0 aliphatic carbocycles. The predicted octanol–water partition coefficient (Wildman–Crippen LogP) is 3.95. The van der Waals surface area contributed by atoms with Gasteiger partial charge < -0.3 is 10.1 Å². The molecule has 0 heterocycles. The quantitative estimate of drug-likeness (QED) is 0.842. The Bertz CT molecular complexity index is 728. The Kier molecular flexibility index (Phi) is 5.70. The summed E-state index contributed by atoms with van der Waals surface area (Å²) in [5, 5.41) is 11.8. The largest absolute Gasteiger partial charge is 0.482 e. The number of halogens is 1. The zero-order chi connectivity index (χ0) is 15.9.